The van der Waals surface area contributed by atoms with Crippen molar-refractivity contribution >= 4 is 11.6 Å². The number of anilines is 1. The molecule has 0 radical (unpaired) electrons. The molecule has 4 nitrogen and oxygen atoms in total. The molecule has 122 valence electrons. The van der Waals surface area contributed by atoms with Crippen molar-refractivity contribution in [1.82, 2.24) is 4.98 Å². The highest BCUT2D eigenvalue weighted by Crippen LogP contribution is 2.21. The Labute approximate surface area is 138 Å². The summed E-state index contributed by atoms with van der Waals surface area (Å²) in [4.78, 5) is 18.7. The van der Waals surface area contributed by atoms with E-state index in [2.05, 4.69) is 4.98 Å². The fourth-order valence-corrected chi connectivity index (χ4v) is 2.22. The van der Waals surface area contributed by atoms with E-state index in [-0.39, 0.29) is 17.9 Å². The van der Waals surface area contributed by atoms with E-state index in [9.17, 15) is 4.79 Å². The summed E-state index contributed by atoms with van der Waals surface area (Å²) >= 11 is 0. The van der Waals surface area contributed by atoms with Gasteiger partial charge in [0, 0.05) is 12.0 Å². The molecule has 0 unspecified atom stereocenters. The van der Waals surface area contributed by atoms with Crippen LogP contribution in [0.4, 0.5) is 5.69 Å². The zero-order chi connectivity index (χ0) is 16.8. The largest absolute Gasteiger partial charge is 0.475 e. The monoisotopic (exact) mass is 312 g/mol. The Morgan fingerprint density at radius 3 is 2.30 bits per heavy atom. The summed E-state index contributed by atoms with van der Waals surface area (Å²) < 4.78 is 5.56. The quantitative estimate of drug-likeness (QED) is 0.808. The van der Waals surface area contributed by atoms with Crippen LogP contribution in [0.25, 0.3) is 0 Å². The van der Waals surface area contributed by atoms with Gasteiger partial charge in [0.05, 0.1) is 24.5 Å². The molecule has 0 saturated heterocycles. The Balaban J connectivity index is 2.24. The van der Waals surface area contributed by atoms with Crippen LogP contribution in [0.1, 0.15) is 33.3 Å². The van der Waals surface area contributed by atoms with E-state index < -0.39 is 0 Å². The fraction of sp³-hybridized carbons (Fsp3) is 0.368. The minimum atomic E-state index is -0.0784. The van der Waals surface area contributed by atoms with Crippen molar-refractivity contribution in [2.75, 3.05) is 4.90 Å². The molecule has 0 saturated carbocycles. The number of hydrogen-bond acceptors (Lipinski definition) is 3. The Morgan fingerprint density at radius 1 is 1.09 bits per heavy atom. The second kappa shape index (κ2) is 7.77. The Morgan fingerprint density at radius 2 is 1.78 bits per heavy atom. The second-order valence-corrected chi connectivity index (χ2v) is 6.09. The number of amides is 1. The first-order chi connectivity index (χ1) is 11.0. The lowest BCUT2D eigenvalue weighted by Crippen LogP contribution is -2.33. The van der Waals surface area contributed by atoms with E-state index in [1.807, 2.05) is 64.1 Å². The highest BCUT2D eigenvalue weighted by molar-refractivity contribution is 5.94. The lowest BCUT2D eigenvalue weighted by molar-refractivity contribution is -0.121. The summed E-state index contributed by atoms with van der Waals surface area (Å²) in [7, 11) is 0. The van der Waals surface area contributed by atoms with Gasteiger partial charge in [-0.05, 0) is 25.5 Å². The SMILES string of the molecule is CC(C)Oc1ccc(N(Cc2ccccc2)C(=O)C(C)C)cn1. The molecule has 0 N–H and O–H groups in total. The van der Waals surface area contributed by atoms with E-state index in [0.29, 0.717) is 12.4 Å². The van der Waals surface area contributed by atoms with E-state index >= 15 is 0 Å². The minimum absolute atomic E-state index is 0.0751. The third kappa shape index (κ3) is 4.81. The predicted octanol–water partition coefficient (Wildman–Crippen LogP) is 4.06. The molecule has 1 heterocycles. The molecule has 4 heteroatoms. The molecule has 2 rings (SSSR count). The van der Waals surface area contributed by atoms with Crippen LogP contribution >= 0.6 is 0 Å². The smallest absolute Gasteiger partial charge is 0.229 e. The molecule has 0 aliphatic carbocycles. The van der Waals surface area contributed by atoms with Gasteiger partial charge in [0.25, 0.3) is 0 Å². The van der Waals surface area contributed by atoms with Crippen molar-refractivity contribution in [3.8, 4) is 5.88 Å². The van der Waals surface area contributed by atoms with Crippen LogP contribution in [0, 0.1) is 5.92 Å². The molecule has 0 bridgehead atoms. The number of nitrogens with zero attached hydrogens (tertiary/aromatic N) is 2. The summed E-state index contributed by atoms with van der Waals surface area (Å²) in [6.07, 6.45) is 1.77. The zero-order valence-corrected chi connectivity index (χ0v) is 14.2. The topological polar surface area (TPSA) is 42.4 Å². The van der Waals surface area contributed by atoms with Gasteiger partial charge in [0.2, 0.25) is 11.8 Å². The molecule has 0 aliphatic heterocycles. The van der Waals surface area contributed by atoms with Crippen molar-refractivity contribution in [2.24, 2.45) is 5.92 Å². The maximum absolute atomic E-state index is 12.6. The van der Waals surface area contributed by atoms with Crippen LogP contribution < -0.4 is 9.64 Å². The van der Waals surface area contributed by atoms with Crippen LogP contribution in [-0.4, -0.2) is 17.0 Å². The Bertz CT molecular complexity index is 622. The number of hydrogen-bond donors (Lipinski definition) is 0. The Kier molecular flexibility index (Phi) is 5.74. The van der Waals surface area contributed by atoms with Gasteiger partial charge in [-0.25, -0.2) is 4.98 Å². The van der Waals surface area contributed by atoms with Gasteiger partial charge in [-0.2, -0.15) is 0 Å². The van der Waals surface area contributed by atoms with Crippen molar-refractivity contribution in [3.63, 3.8) is 0 Å². The molecule has 1 aromatic heterocycles. The molecular weight excluding hydrogens is 288 g/mol. The number of pyridine rings is 1. The lowest BCUT2D eigenvalue weighted by Gasteiger charge is -2.25. The number of ether oxygens (including phenoxy) is 1. The van der Waals surface area contributed by atoms with Gasteiger partial charge in [0.15, 0.2) is 0 Å². The number of rotatable bonds is 6. The van der Waals surface area contributed by atoms with Crippen molar-refractivity contribution in [2.45, 2.75) is 40.3 Å². The average molecular weight is 312 g/mol. The molecule has 23 heavy (non-hydrogen) atoms. The number of benzene rings is 1. The minimum Gasteiger partial charge on any atom is -0.475 e. The highest BCUT2D eigenvalue weighted by atomic mass is 16.5. The first kappa shape index (κ1) is 17.0. The van der Waals surface area contributed by atoms with Gasteiger partial charge in [-0.15, -0.1) is 0 Å². The standard InChI is InChI=1S/C19H24N2O2/c1-14(2)19(22)21(13-16-8-6-5-7-9-16)17-10-11-18(20-12-17)23-15(3)4/h5-12,14-15H,13H2,1-4H3. The number of carbonyl (C=O) groups excluding carboxylic acids is 1. The fourth-order valence-electron chi connectivity index (χ4n) is 2.22. The van der Waals surface area contributed by atoms with Crippen LogP contribution in [0.2, 0.25) is 0 Å². The molecule has 0 fully saturated rings. The molecule has 0 atom stereocenters. The maximum Gasteiger partial charge on any atom is 0.229 e. The third-order valence-corrected chi connectivity index (χ3v) is 3.33. The van der Waals surface area contributed by atoms with E-state index in [1.54, 1.807) is 17.2 Å². The average Bonchev–Trinajstić information content (AvgIpc) is 2.53. The maximum atomic E-state index is 12.6. The normalized spacial score (nSPS) is 10.9. The molecule has 1 amide bonds. The van der Waals surface area contributed by atoms with Crippen LogP contribution in [0.5, 0.6) is 5.88 Å². The first-order valence-electron chi connectivity index (χ1n) is 7.95. The number of aromatic nitrogens is 1. The molecule has 0 spiro atoms. The molecular formula is C19H24N2O2. The van der Waals surface area contributed by atoms with Crippen LogP contribution in [0.15, 0.2) is 48.7 Å². The summed E-state index contributed by atoms with van der Waals surface area (Å²) in [5.41, 5.74) is 1.87. The van der Waals surface area contributed by atoms with Crippen LogP contribution in [0.3, 0.4) is 0 Å². The van der Waals surface area contributed by atoms with Crippen molar-refractivity contribution in [3.05, 3.63) is 54.2 Å². The van der Waals surface area contributed by atoms with Gasteiger partial charge in [-0.1, -0.05) is 44.2 Å². The van der Waals surface area contributed by atoms with Crippen molar-refractivity contribution < 1.29 is 9.53 Å². The summed E-state index contributed by atoms with van der Waals surface area (Å²) in [6, 6.07) is 13.7. The highest BCUT2D eigenvalue weighted by Gasteiger charge is 2.19. The molecule has 1 aromatic carbocycles. The second-order valence-electron chi connectivity index (χ2n) is 6.09. The molecule has 0 aliphatic rings. The molecule has 2 aromatic rings. The predicted molar refractivity (Wildman–Crippen MR) is 92.5 cm³/mol. The summed E-state index contributed by atoms with van der Waals surface area (Å²) in [6.45, 7) is 8.26. The van der Waals surface area contributed by atoms with Crippen LogP contribution in [-0.2, 0) is 11.3 Å². The lowest BCUT2D eigenvalue weighted by atomic mass is 10.1. The van der Waals surface area contributed by atoms with E-state index in [0.717, 1.165) is 11.3 Å². The first-order valence-corrected chi connectivity index (χ1v) is 7.95. The summed E-state index contributed by atoms with van der Waals surface area (Å²) in [5, 5.41) is 0. The third-order valence-electron chi connectivity index (χ3n) is 3.33. The number of carbonyl (C=O) groups is 1. The van der Waals surface area contributed by atoms with Gasteiger partial charge < -0.3 is 9.64 Å². The Hall–Kier alpha value is -2.36. The zero-order valence-electron chi connectivity index (χ0n) is 14.2. The van der Waals surface area contributed by atoms with E-state index in [1.165, 1.54) is 0 Å². The van der Waals surface area contributed by atoms with Gasteiger partial charge in [-0.3, -0.25) is 4.79 Å². The van der Waals surface area contributed by atoms with Gasteiger partial charge in [0.1, 0.15) is 0 Å². The summed E-state index contributed by atoms with van der Waals surface area (Å²) in [5.74, 6) is 0.568. The van der Waals surface area contributed by atoms with Crippen molar-refractivity contribution in [1.29, 1.82) is 0 Å². The van der Waals surface area contributed by atoms with Gasteiger partial charge >= 0.3 is 0 Å². The van der Waals surface area contributed by atoms with E-state index in [4.69, 9.17) is 4.74 Å².